The number of aromatic nitrogens is 1. The van der Waals surface area contributed by atoms with Crippen molar-refractivity contribution in [3.63, 3.8) is 0 Å². The number of ether oxygens (including phenoxy) is 1. The van der Waals surface area contributed by atoms with Crippen molar-refractivity contribution < 1.29 is 9.84 Å². The van der Waals surface area contributed by atoms with Crippen LogP contribution in [0.25, 0.3) is 10.9 Å². The van der Waals surface area contributed by atoms with Crippen molar-refractivity contribution >= 4 is 39.6 Å². The first-order chi connectivity index (χ1) is 11.7. The molecule has 0 unspecified atom stereocenters. The Bertz CT molecular complexity index is 1000. The largest absolute Gasteiger partial charge is 0.494 e. The van der Waals surface area contributed by atoms with Gasteiger partial charge in [0.1, 0.15) is 12.4 Å². The minimum absolute atomic E-state index is 0.0229. The fraction of sp³-hybridized carbons (Fsp3) is 0.111. The van der Waals surface area contributed by atoms with E-state index in [1.54, 1.807) is 13.2 Å². The molecule has 1 aromatic heterocycles. The van der Waals surface area contributed by atoms with Gasteiger partial charge in [-0.05, 0) is 12.1 Å². The summed E-state index contributed by atoms with van der Waals surface area (Å²) in [5.41, 5.74) is 4.32. The second-order valence-electron chi connectivity index (χ2n) is 5.41. The zero-order chi connectivity index (χ0) is 16.7. The van der Waals surface area contributed by atoms with Gasteiger partial charge in [-0.15, -0.1) is 0 Å². The molecule has 1 aliphatic rings. The second kappa shape index (κ2) is 5.78. The van der Waals surface area contributed by atoms with Gasteiger partial charge < -0.3 is 14.8 Å². The Balaban J connectivity index is 1.97. The van der Waals surface area contributed by atoms with Crippen LogP contribution in [0.2, 0.25) is 5.02 Å². The molecule has 3 aromatic rings. The zero-order valence-corrected chi connectivity index (χ0v) is 13.6. The average Bonchev–Trinajstić information content (AvgIpc) is 3.10. The highest BCUT2D eigenvalue weighted by atomic mass is 35.5. The number of nitrogens with zero attached hydrogens (tertiary/aromatic N) is 2. The number of H-pyrrole nitrogens is 1. The van der Waals surface area contributed by atoms with Crippen LogP contribution < -0.4 is 0 Å². The quantitative estimate of drug-likeness (QED) is 0.755. The lowest BCUT2D eigenvalue weighted by Crippen LogP contribution is -2.13. The van der Waals surface area contributed by atoms with Crippen LogP contribution in [-0.4, -0.2) is 35.4 Å². The van der Waals surface area contributed by atoms with Gasteiger partial charge in [-0.1, -0.05) is 41.9 Å². The fourth-order valence-corrected chi connectivity index (χ4v) is 3.17. The van der Waals surface area contributed by atoms with Crippen LogP contribution in [-0.2, 0) is 4.74 Å². The maximum atomic E-state index is 10.5. The van der Waals surface area contributed by atoms with Gasteiger partial charge >= 0.3 is 0 Å². The minimum atomic E-state index is 0.0229. The van der Waals surface area contributed by atoms with E-state index >= 15 is 0 Å². The van der Waals surface area contributed by atoms with E-state index in [2.05, 4.69) is 15.0 Å². The van der Waals surface area contributed by atoms with Crippen molar-refractivity contribution in [1.29, 1.82) is 0 Å². The summed E-state index contributed by atoms with van der Waals surface area (Å²) in [6.07, 6.45) is 0. The molecule has 0 radical (unpaired) electrons. The lowest BCUT2D eigenvalue weighted by molar-refractivity contribution is 0.209. The molecule has 24 heavy (non-hydrogen) atoms. The van der Waals surface area contributed by atoms with Crippen molar-refractivity contribution in [2.24, 2.45) is 9.98 Å². The van der Waals surface area contributed by atoms with Crippen molar-refractivity contribution in [1.82, 2.24) is 4.98 Å². The van der Waals surface area contributed by atoms with Gasteiger partial charge in [0.05, 0.1) is 27.5 Å². The molecule has 0 saturated carbocycles. The molecule has 2 heterocycles. The van der Waals surface area contributed by atoms with E-state index in [0.29, 0.717) is 27.5 Å². The number of hydrogen-bond acceptors (Lipinski definition) is 4. The molecule has 0 spiro atoms. The Morgan fingerprint density at radius 1 is 1.21 bits per heavy atom. The fourth-order valence-electron chi connectivity index (χ4n) is 2.94. The molecule has 0 amide bonds. The monoisotopic (exact) mass is 339 g/mol. The summed E-state index contributed by atoms with van der Waals surface area (Å²) in [6, 6.07) is 13.2. The Morgan fingerprint density at radius 3 is 2.88 bits per heavy atom. The van der Waals surface area contributed by atoms with Gasteiger partial charge in [0, 0.05) is 18.1 Å². The van der Waals surface area contributed by atoms with Gasteiger partial charge in [0.25, 0.3) is 0 Å². The standard InChI is InChI=1S/C18H14ClN3O2/c1-24-9-20-16-10-5-2-3-8-13(10)21-17(16)14-11-6-4-7-12(19)15(11)22-18(14)23/h2-8,22-23H,9H2,1H3. The van der Waals surface area contributed by atoms with Crippen LogP contribution in [0, 0.1) is 0 Å². The molecule has 0 aliphatic carbocycles. The summed E-state index contributed by atoms with van der Waals surface area (Å²) in [5.74, 6) is 0.0229. The molecule has 0 fully saturated rings. The normalized spacial score (nSPS) is 15.1. The smallest absolute Gasteiger partial charge is 0.199 e. The molecule has 0 bridgehead atoms. The van der Waals surface area contributed by atoms with Gasteiger partial charge in [-0.3, -0.25) is 4.99 Å². The molecule has 0 saturated heterocycles. The van der Waals surface area contributed by atoms with E-state index in [0.717, 1.165) is 16.6 Å². The predicted molar refractivity (Wildman–Crippen MR) is 96.0 cm³/mol. The van der Waals surface area contributed by atoms with E-state index < -0.39 is 0 Å². The third-order valence-electron chi connectivity index (χ3n) is 3.97. The molecular weight excluding hydrogens is 326 g/mol. The van der Waals surface area contributed by atoms with Crippen LogP contribution >= 0.6 is 11.6 Å². The summed E-state index contributed by atoms with van der Waals surface area (Å²) in [7, 11) is 1.59. The SMILES string of the molecule is COCN=C1C(c2c(O)[nH]c3c(Cl)cccc23)=Nc2ccccc21. The highest BCUT2D eigenvalue weighted by Gasteiger charge is 2.28. The van der Waals surface area contributed by atoms with Crippen LogP contribution in [0.1, 0.15) is 11.1 Å². The van der Waals surface area contributed by atoms with E-state index in [-0.39, 0.29) is 12.6 Å². The molecule has 2 N–H and O–H groups in total. The van der Waals surface area contributed by atoms with Crippen LogP contribution in [0.15, 0.2) is 52.4 Å². The number of benzene rings is 2. The Hall–Kier alpha value is -2.63. The van der Waals surface area contributed by atoms with Crippen LogP contribution in [0.3, 0.4) is 0 Å². The van der Waals surface area contributed by atoms with Crippen molar-refractivity contribution in [2.45, 2.75) is 0 Å². The number of hydrogen-bond donors (Lipinski definition) is 2. The number of methoxy groups -OCH3 is 1. The lowest BCUT2D eigenvalue weighted by Gasteiger charge is -2.04. The summed E-state index contributed by atoms with van der Waals surface area (Å²) in [5, 5.41) is 11.8. The Labute approximate surface area is 143 Å². The molecule has 1 aliphatic heterocycles. The van der Waals surface area contributed by atoms with Gasteiger partial charge in [0.2, 0.25) is 0 Å². The first kappa shape index (κ1) is 14.9. The van der Waals surface area contributed by atoms with Gasteiger partial charge in [-0.25, -0.2) is 4.99 Å². The highest BCUT2D eigenvalue weighted by molar-refractivity contribution is 6.58. The van der Waals surface area contributed by atoms with E-state index in [1.165, 1.54) is 0 Å². The predicted octanol–water partition coefficient (Wildman–Crippen LogP) is 4.05. The molecular formula is C18H14ClN3O2. The summed E-state index contributed by atoms with van der Waals surface area (Å²) >= 11 is 6.23. The summed E-state index contributed by atoms with van der Waals surface area (Å²) < 4.78 is 5.09. The van der Waals surface area contributed by atoms with Crippen molar-refractivity contribution in [2.75, 3.05) is 13.8 Å². The summed E-state index contributed by atoms with van der Waals surface area (Å²) in [4.78, 5) is 12.1. The lowest BCUT2D eigenvalue weighted by atomic mass is 10.0. The number of aromatic hydroxyl groups is 1. The topological polar surface area (TPSA) is 70.0 Å². The van der Waals surface area contributed by atoms with E-state index in [4.69, 9.17) is 16.3 Å². The van der Waals surface area contributed by atoms with Gasteiger partial charge in [-0.2, -0.15) is 0 Å². The molecule has 2 aromatic carbocycles. The minimum Gasteiger partial charge on any atom is -0.494 e. The highest BCUT2D eigenvalue weighted by Crippen LogP contribution is 2.37. The average molecular weight is 340 g/mol. The molecule has 4 rings (SSSR count). The first-order valence-electron chi connectivity index (χ1n) is 7.42. The summed E-state index contributed by atoms with van der Waals surface area (Å²) in [6.45, 7) is 0.215. The van der Waals surface area contributed by atoms with Crippen molar-refractivity contribution in [3.05, 3.63) is 58.6 Å². The van der Waals surface area contributed by atoms with Gasteiger partial charge in [0.15, 0.2) is 5.88 Å². The number of halogens is 1. The van der Waals surface area contributed by atoms with Crippen LogP contribution in [0.5, 0.6) is 5.88 Å². The van der Waals surface area contributed by atoms with E-state index in [1.807, 2.05) is 36.4 Å². The number of para-hydroxylation sites is 2. The number of aromatic amines is 1. The Kier molecular flexibility index (Phi) is 3.59. The van der Waals surface area contributed by atoms with Crippen molar-refractivity contribution in [3.8, 4) is 5.88 Å². The molecule has 6 heteroatoms. The van der Waals surface area contributed by atoms with E-state index in [9.17, 15) is 5.11 Å². The maximum absolute atomic E-state index is 10.5. The molecule has 5 nitrogen and oxygen atoms in total. The molecule has 0 atom stereocenters. The number of aliphatic imine (C=N–C) groups is 2. The van der Waals surface area contributed by atoms with Crippen LogP contribution in [0.4, 0.5) is 5.69 Å². The first-order valence-corrected chi connectivity index (χ1v) is 7.80. The third kappa shape index (κ3) is 2.21. The number of nitrogens with one attached hydrogen (secondary N) is 1. The third-order valence-corrected chi connectivity index (χ3v) is 4.28. The number of rotatable bonds is 3. The zero-order valence-electron chi connectivity index (χ0n) is 12.9. The molecule has 120 valence electrons. The number of fused-ring (bicyclic) bond motifs is 2. The Morgan fingerprint density at radius 2 is 2.04 bits per heavy atom. The maximum Gasteiger partial charge on any atom is 0.199 e. The second-order valence-corrected chi connectivity index (χ2v) is 5.82.